The number of phenols is 1. The van der Waals surface area contributed by atoms with Crippen LogP contribution in [0.4, 0.5) is 4.79 Å². The van der Waals surface area contributed by atoms with Crippen LogP contribution in [-0.4, -0.2) is 35.3 Å². The van der Waals surface area contributed by atoms with Gasteiger partial charge >= 0.3 is 0 Å². The van der Waals surface area contributed by atoms with Crippen LogP contribution in [-0.2, 0) is 4.79 Å². The van der Waals surface area contributed by atoms with E-state index in [1.807, 2.05) is 22.6 Å². The molecule has 0 aliphatic carbocycles. The molecular formula is C12H10INO4S. The third-order valence-corrected chi connectivity index (χ3v) is 4.47. The number of thioether (sulfide) groups is 1. The van der Waals surface area contributed by atoms with Crippen LogP contribution in [0.1, 0.15) is 5.56 Å². The Labute approximate surface area is 127 Å². The molecule has 100 valence electrons. The fourth-order valence-electron chi connectivity index (χ4n) is 1.52. The summed E-state index contributed by atoms with van der Waals surface area (Å²) in [4.78, 5) is 24.6. The van der Waals surface area contributed by atoms with Crippen molar-refractivity contribution >= 4 is 51.6 Å². The lowest BCUT2D eigenvalue weighted by molar-refractivity contribution is -0.121. The molecule has 2 amide bonds. The summed E-state index contributed by atoms with van der Waals surface area (Å²) in [5.74, 6) is 0.0351. The molecule has 19 heavy (non-hydrogen) atoms. The highest BCUT2D eigenvalue weighted by atomic mass is 127. The monoisotopic (exact) mass is 391 g/mol. The average molecular weight is 391 g/mol. The maximum absolute atomic E-state index is 11.8. The summed E-state index contributed by atoms with van der Waals surface area (Å²) in [5, 5.41) is 9.33. The number of aromatic hydroxyl groups is 1. The van der Waals surface area contributed by atoms with E-state index < -0.39 is 0 Å². The van der Waals surface area contributed by atoms with Crippen LogP contribution in [0.5, 0.6) is 11.5 Å². The number of hydrogen-bond acceptors (Lipinski definition) is 5. The molecule has 1 aromatic rings. The second-order valence-electron chi connectivity index (χ2n) is 3.79. The van der Waals surface area contributed by atoms with Crippen LogP contribution in [0, 0.1) is 3.57 Å². The molecule has 2 rings (SSSR count). The molecule has 7 heteroatoms. The van der Waals surface area contributed by atoms with E-state index in [0.29, 0.717) is 16.2 Å². The van der Waals surface area contributed by atoms with E-state index >= 15 is 0 Å². The molecule has 0 atom stereocenters. The molecule has 1 heterocycles. The van der Waals surface area contributed by atoms with Crippen LogP contribution in [0.3, 0.4) is 0 Å². The average Bonchev–Trinajstić information content (AvgIpc) is 2.60. The van der Waals surface area contributed by atoms with E-state index in [1.165, 1.54) is 14.2 Å². The van der Waals surface area contributed by atoms with Crippen molar-refractivity contribution < 1.29 is 19.4 Å². The number of ether oxygens (including phenoxy) is 1. The van der Waals surface area contributed by atoms with Crippen molar-refractivity contribution in [3.8, 4) is 11.5 Å². The number of carbonyl (C=O) groups excluding carboxylic acids is 2. The normalized spacial score (nSPS) is 17.4. The van der Waals surface area contributed by atoms with Gasteiger partial charge in [0.25, 0.3) is 11.1 Å². The maximum Gasteiger partial charge on any atom is 0.293 e. The Bertz CT molecular complexity index is 600. The summed E-state index contributed by atoms with van der Waals surface area (Å²) in [6.45, 7) is 0. The Morgan fingerprint density at radius 2 is 2.11 bits per heavy atom. The summed E-state index contributed by atoms with van der Waals surface area (Å²) >= 11 is 2.94. The molecule has 0 bridgehead atoms. The van der Waals surface area contributed by atoms with Gasteiger partial charge in [-0.2, -0.15) is 0 Å². The van der Waals surface area contributed by atoms with Gasteiger partial charge in [-0.1, -0.05) is 0 Å². The molecule has 1 aromatic carbocycles. The van der Waals surface area contributed by atoms with Gasteiger partial charge in [0.15, 0.2) is 11.5 Å². The summed E-state index contributed by atoms with van der Waals surface area (Å²) in [7, 11) is 2.90. The quantitative estimate of drug-likeness (QED) is 0.621. The van der Waals surface area contributed by atoms with E-state index in [1.54, 1.807) is 18.2 Å². The van der Waals surface area contributed by atoms with Crippen molar-refractivity contribution in [2.24, 2.45) is 0 Å². The standard InChI is InChI=1S/C12H10INO4S/c1-14-11(16)10(19-12(14)17)4-6-3-9(18-2)8(15)5-7(6)13/h3-5,15H,1-2H3/b10-4-. The van der Waals surface area contributed by atoms with Crippen LogP contribution in [0.15, 0.2) is 17.0 Å². The highest BCUT2D eigenvalue weighted by Crippen LogP contribution is 2.35. The number of methoxy groups -OCH3 is 1. The number of imide groups is 1. The molecule has 1 N–H and O–H groups in total. The molecule has 1 fully saturated rings. The number of carbonyl (C=O) groups is 2. The zero-order chi connectivity index (χ0) is 14.2. The molecule has 0 radical (unpaired) electrons. The van der Waals surface area contributed by atoms with Gasteiger partial charge in [-0.3, -0.25) is 14.5 Å². The Morgan fingerprint density at radius 1 is 1.42 bits per heavy atom. The number of amides is 2. The molecule has 5 nitrogen and oxygen atoms in total. The minimum absolute atomic E-state index is 0.0349. The van der Waals surface area contributed by atoms with Crippen LogP contribution in [0.25, 0.3) is 6.08 Å². The first kappa shape index (κ1) is 14.2. The molecule has 1 saturated heterocycles. The van der Waals surface area contributed by atoms with Gasteiger partial charge in [0.05, 0.1) is 12.0 Å². The van der Waals surface area contributed by atoms with Gasteiger partial charge in [0.2, 0.25) is 0 Å². The predicted octanol–water partition coefficient (Wildman–Crippen LogP) is 2.67. The van der Waals surface area contributed by atoms with Crippen LogP contribution in [0.2, 0.25) is 0 Å². The third-order valence-electron chi connectivity index (χ3n) is 2.57. The molecule has 1 aliphatic rings. The highest BCUT2D eigenvalue weighted by molar-refractivity contribution is 14.1. The van der Waals surface area contributed by atoms with Crippen molar-refractivity contribution in [1.82, 2.24) is 4.90 Å². The van der Waals surface area contributed by atoms with Crippen molar-refractivity contribution in [2.75, 3.05) is 14.2 Å². The minimum Gasteiger partial charge on any atom is -0.504 e. The van der Waals surface area contributed by atoms with E-state index in [9.17, 15) is 14.7 Å². The molecular weight excluding hydrogens is 381 g/mol. The summed E-state index contributed by atoms with van der Waals surface area (Å²) in [6, 6.07) is 3.17. The molecule has 0 saturated carbocycles. The first-order valence-electron chi connectivity index (χ1n) is 5.22. The lowest BCUT2D eigenvalue weighted by Crippen LogP contribution is -2.22. The largest absolute Gasteiger partial charge is 0.504 e. The smallest absolute Gasteiger partial charge is 0.293 e. The lowest BCUT2D eigenvalue weighted by atomic mass is 10.2. The van der Waals surface area contributed by atoms with Gasteiger partial charge in [-0.25, -0.2) is 0 Å². The number of nitrogens with zero attached hydrogens (tertiary/aromatic N) is 1. The highest BCUT2D eigenvalue weighted by Gasteiger charge is 2.31. The SMILES string of the molecule is COc1cc(/C=C2\SC(=O)N(C)C2=O)c(I)cc1O. The fraction of sp³-hybridized carbons (Fsp3) is 0.167. The van der Waals surface area contributed by atoms with Gasteiger partial charge in [-0.15, -0.1) is 0 Å². The topological polar surface area (TPSA) is 66.8 Å². The van der Waals surface area contributed by atoms with Gasteiger partial charge in [0, 0.05) is 10.6 Å². The van der Waals surface area contributed by atoms with Crippen molar-refractivity contribution in [3.05, 3.63) is 26.2 Å². The Balaban J connectivity index is 2.44. The van der Waals surface area contributed by atoms with E-state index in [2.05, 4.69) is 0 Å². The van der Waals surface area contributed by atoms with Crippen molar-refractivity contribution in [2.45, 2.75) is 0 Å². The number of hydrogen-bond donors (Lipinski definition) is 1. The van der Waals surface area contributed by atoms with Crippen LogP contribution < -0.4 is 4.74 Å². The first-order chi connectivity index (χ1) is 8.93. The van der Waals surface area contributed by atoms with Crippen molar-refractivity contribution in [1.29, 1.82) is 0 Å². The van der Waals surface area contributed by atoms with Crippen molar-refractivity contribution in [3.63, 3.8) is 0 Å². The zero-order valence-corrected chi connectivity index (χ0v) is 13.1. The Morgan fingerprint density at radius 3 is 2.63 bits per heavy atom. The van der Waals surface area contributed by atoms with E-state index in [-0.39, 0.29) is 16.9 Å². The Hall–Kier alpha value is -1.22. The van der Waals surface area contributed by atoms with Gasteiger partial charge in [-0.05, 0) is 58.1 Å². The molecule has 0 aromatic heterocycles. The van der Waals surface area contributed by atoms with E-state index in [4.69, 9.17) is 4.74 Å². The second-order valence-corrected chi connectivity index (χ2v) is 5.94. The first-order valence-corrected chi connectivity index (χ1v) is 7.11. The number of benzene rings is 1. The van der Waals surface area contributed by atoms with Gasteiger partial charge < -0.3 is 9.84 Å². The number of likely N-dealkylation sites (N-methyl/N-ethyl adjacent to an activating group) is 1. The van der Waals surface area contributed by atoms with E-state index in [0.717, 1.165) is 20.2 Å². The molecule has 0 spiro atoms. The summed E-state index contributed by atoms with van der Waals surface area (Å²) in [5.41, 5.74) is 0.717. The summed E-state index contributed by atoms with van der Waals surface area (Å²) in [6.07, 6.45) is 1.62. The summed E-state index contributed by atoms with van der Waals surface area (Å²) < 4.78 is 5.79. The predicted molar refractivity (Wildman–Crippen MR) is 81.1 cm³/mol. The second kappa shape index (κ2) is 5.41. The Kier molecular flexibility index (Phi) is 4.04. The number of halogens is 1. The van der Waals surface area contributed by atoms with Gasteiger partial charge in [0.1, 0.15) is 0 Å². The molecule has 1 aliphatic heterocycles. The zero-order valence-electron chi connectivity index (χ0n) is 10.1. The fourth-order valence-corrected chi connectivity index (χ4v) is 2.94. The van der Waals surface area contributed by atoms with Crippen LogP contribution >= 0.6 is 34.4 Å². The number of phenolic OH excluding ortho intramolecular Hbond substituents is 1. The minimum atomic E-state index is -0.321. The third kappa shape index (κ3) is 2.71. The lowest BCUT2D eigenvalue weighted by Gasteiger charge is -2.07. The maximum atomic E-state index is 11.8. The molecule has 0 unspecified atom stereocenters. The number of rotatable bonds is 2.